The summed E-state index contributed by atoms with van der Waals surface area (Å²) in [5.41, 5.74) is 1.88. The molecule has 0 aliphatic carbocycles. The lowest BCUT2D eigenvalue weighted by atomic mass is 10.00. The number of hydrogen-bond donors (Lipinski definition) is 1. The molecule has 1 unspecified atom stereocenters. The molecule has 1 saturated heterocycles. The van der Waals surface area contributed by atoms with Crippen molar-refractivity contribution < 1.29 is 4.39 Å². The first-order valence-corrected chi connectivity index (χ1v) is 6.14. The Balaban J connectivity index is 2.22. The van der Waals surface area contributed by atoms with E-state index in [1.54, 1.807) is 12.1 Å². The van der Waals surface area contributed by atoms with Crippen molar-refractivity contribution in [3.8, 4) is 0 Å². The van der Waals surface area contributed by atoms with Crippen LogP contribution in [0.1, 0.15) is 24.0 Å². The molecule has 0 aromatic heterocycles. The largest absolute Gasteiger partial charge is 0.314 e. The van der Waals surface area contributed by atoms with Crippen LogP contribution in [0, 0.1) is 12.7 Å². The molecule has 2 rings (SSSR count). The third-order valence-electron chi connectivity index (χ3n) is 3.09. The molecule has 15 heavy (non-hydrogen) atoms. The molecular weight excluding hydrogens is 257 g/mol. The van der Waals surface area contributed by atoms with Crippen LogP contribution in [0.25, 0.3) is 0 Å². The molecule has 1 nitrogen and oxygen atoms in total. The molecule has 3 heteroatoms. The monoisotopic (exact) mass is 271 g/mol. The molecular formula is C12H15BrFN. The summed E-state index contributed by atoms with van der Waals surface area (Å²) in [4.78, 5) is 0. The molecule has 1 aliphatic heterocycles. The fourth-order valence-corrected chi connectivity index (χ4v) is 2.49. The van der Waals surface area contributed by atoms with Crippen molar-refractivity contribution in [2.45, 2.75) is 32.2 Å². The van der Waals surface area contributed by atoms with Gasteiger partial charge in [0.15, 0.2) is 0 Å². The van der Waals surface area contributed by atoms with Gasteiger partial charge in [-0.25, -0.2) is 4.39 Å². The third kappa shape index (κ3) is 2.40. The van der Waals surface area contributed by atoms with Crippen LogP contribution in [-0.2, 0) is 6.42 Å². The summed E-state index contributed by atoms with van der Waals surface area (Å²) in [6.45, 7) is 3.04. The number of hydrogen-bond acceptors (Lipinski definition) is 1. The van der Waals surface area contributed by atoms with E-state index >= 15 is 0 Å². The predicted molar refractivity (Wildman–Crippen MR) is 63.6 cm³/mol. The zero-order chi connectivity index (χ0) is 10.8. The number of rotatable bonds is 2. The average molecular weight is 272 g/mol. The molecule has 0 bridgehead atoms. The second-order valence-electron chi connectivity index (χ2n) is 4.13. The fraction of sp³-hybridized carbons (Fsp3) is 0.500. The maximum atomic E-state index is 13.6. The summed E-state index contributed by atoms with van der Waals surface area (Å²) >= 11 is 3.44. The van der Waals surface area contributed by atoms with E-state index in [1.165, 1.54) is 6.42 Å². The average Bonchev–Trinajstić information content (AvgIpc) is 2.71. The van der Waals surface area contributed by atoms with Crippen molar-refractivity contribution in [3.63, 3.8) is 0 Å². The first kappa shape index (κ1) is 11.1. The van der Waals surface area contributed by atoms with Crippen molar-refractivity contribution in [2.24, 2.45) is 0 Å². The van der Waals surface area contributed by atoms with Gasteiger partial charge in [-0.1, -0.05) is 15.9 Å². The SMILES string of the molecule is Cc1c(Br)ccc(F)c1CC1CCCN1. The van der Waals surface area contributed by atoms with Gasteiger partial charge in [-0.2, -0.15) is 0 Å². The van der Waals surface area contributed by atoms with Gasteiger partial charge in [0.25, 0.3) is 0 Å². The Bertz CT molecular complexity index is 359. The second kappa shape index (κ2) is 4.62. The molecule has 1 atom stereocenters. The molecule has 1 aromatic rings. The minimum atomic E-state index is -0.0793. The number of benzene rings is 1. The standard InChI is InChI=1S/C12H15BrFN/c1-8-10(7-9-3-2-6-15-9)12(14)5-4-11(8)13/h4-5,9,15H,2-3,6-7H2,1H3. The van der Waals surface area contributed by atoms with Crippen LogP contribution >= 0.6 is 15.9 Å². The van der Waals surface area contributed by atoms with E-state index in [0.29, 0.717) is 6.04 Å². The van der Waals surface area contributed by atoms with Gasteiger partial charge in [-0.05, 0) is 56.0 Å². The number of halogens is 2. The summed E-state index contributed by atoms with van der Waals surface area (Å²) in [5, 5.41) is 3.40. The van der Waals surface area contributed by atoms with Gasteiger partial charge in [0.2, 0.25) is 0 Å². The highest BCUT2D eigenvalue weighted by molar-refractivity contribution is 9.10. The molecule has 0 spiro atoms. The topological polar surface area (TPSA) is 12.0 Å². The van der Waals surface area contributed by atoms with Crippen LogP contribution in [-0.4, -0.2) is 12.6 Å². The van der Waals surface area contributed by atoms with Crippen LogP contribution in [0.4, 0.5) is 4.39 Å². The minimum Gasteiger partial charge on any atom is -0.314 e. The van der Waals surface area contributed by atoms with Crippen molar-refractivity contribution in [2.75, 3.05) is 6.54 Å². The summed E-state index contributed by atoms with van der Waals surface area (Å²) in [5.74, 6) is -0.0793. The van der Waals surface area contributed by atoms with Crippen molar-refractivity contribution in [1.29, 1.82) is 0 Å². The second-order valence-corrected chi connectivity index (χ2v) is 4.98. The summed E-state index contributed by atoms with van der Waals surface area (Å²) < 4.78 is 14.6. The molecule has 0 radical (unpaired) electrons. The summed E-state index contributed by atoms with van der Waals surface area (Å²) in [6, 6.07) is 3.77. The smallest absolute Gasteiger partial charge is 0.126 e. The Morgan fingerprint density at radius 2 is 2.33 bits per heavy atom. The van der Waals surface area contributed by atoms with Crippen LogP contribution in [0.3, 0.4) is 0 Å². The summed E-state index contributed by atoms with van der Waals surface area (Å²) in [6.07, 6.45) is 3.17. The fourth-order valence-electron chi connectivity index (χ4n) is 2.12. The Labute approximate surface area is 98.2 Å². The molecule has 0 saturated carbocycles. The first-order chi connectivity index (χ1) is 7.18. The van der Waals surface area contributed by atoms with Gasteiger partial charge < -0.3 is 5.32 Å². The zero-order valence-electron chi connectivity index (χ0n) is 8.82. The first-order valence-electron chi connectivity index (χ1n) is 5.35. The van der Waals surface area contributed by atoms with Crippen molar-refractivity contribution in [1.82, 2.24) is 5.32 Å². The minimum absolute atomic E-state index is 0.0793. The van der Waals surface area contributed by atoms with Gasteiger partial charge in [-0.15, -0.1) is 0 Å². The summed E-state index contributed by atoms with van der Waals surface area (Å²) in [7, 11) is 0. The van der Waals surface area contributed by atoms with Crippen molar-refractivity contribution >= 4 is 15.9 Å². The van der Waals surface area contributed by atoms with Gasteiger partial charge in [0.05, 0.1) is 0 Å². The lowest BCUT2D eigenvalue weighted by Gasteiger charge is -2.14. The van der Waals surface area contributed by atoms with E-state index in [4.69, 9.17) is 0 Å². The van der Waals surface area contributed by atoms with Crippen LogP contribution in [0.5, 0.6) is 0 Å². The number of nitrogens with one attached hydrogen (secondary N) is 1. The van der Waals surface area contributed by atoms with E-state index in [2.05, 4.69) is 21.2 Å². The zero-order valence-corrected chi connectivity index (χ0v) is 10.4. The van der Waals surface area contributed by atoms with E-state index in [9.17, 15) is 4.39 Å². The third-order valence-corrected chi connectivity index (χ3v) is 3.95. The van der Waals surface area contributed by atoms with Crippen LogP contribution < -0.4 is 5.32 Å². The molecule has 1 N–H and O–H groups in total. The molecule has 1 aromatic carbocycles. The van der Waals surface area contributed by atoms with Gasteiger partial charge in [0, 0.05) is 10.5 Å². The lowest BCUT2D eigenvalue weighted by molar-refractivity contribution is 0.558. The maximum Gasteiger partial charge on any atom is 0.126 e. The highest BCUT2D eigenvalue weighted by Crippen LogP contribution is 2.24. The molecule has 1 fully saturated rings. The van der Waals surface area contributed by atoms with E-state index in [-0.39, 0.29) is 5.82 Å². The predicted octanol–water partition coefficient (Wildman–Crippen LogP) is 3.19. The molecule has 0 amide bonds. The van der Waals surface area contributed by atoms with E-state index in [0.717, 1.165) is 35.0 Å². The van der Waals surface area contributed by atoms with E-state index in [1.807, 2.05) is 6.92 Å². The molecule has 82 valence electrons. The normalized spacial score (nSPS) is 20.9. The Kier molecular flexibility index (Phi) is 3.42. The van der Waals surface area contributed by atoms with Crippen LogP contribution in [0.15, 0.2) is 16.6 Å². The Hall–Kier alpha value is -0.410. The van der Waals surface area contributed by atoms with E-state index < -0.39 is 0 Å². The highest BCUT2D eigenvalue weighted by atomic mass is 79.9. The van der Waals surface area contributed by atoms with Gasteiger partial charge >= 0.3 is 0 Å². The quantitative estimate of drug-likeness (QED) is 0.871. The Morgan fingerprint density at radius 1 is 1.53 bits per heavy atom. The maximum absolute atomic E-state index is 13.6. The highest BCUT2D eigenvalue weighted by Gasteiger charge is 2.18. The van der Waals surface area contributed by atoms with Gasteiger partial charge in [-0.3, -0.25) is 0 Å². The van der Waals surface area contributed by atoms with Crippen molar-refractivity contribution in [3.05, 3.63) is 33.5 Å². The lowest BCUT2D eigenvalue weighted by Crippen LogP contribution is -2.24. The van der Waals surface area contributed by atoms with Crippen LogP contribution in [0.2, 0.25) is 0 Å². The van der Waals surface area contributed by atoms with Gasteiger partial charge in [0.1, 0.15) is 5.82 Å². The molecule has 1 heterocycles. The Morgan fingerprint density at radius 3 is 3.00 bits per heavy atom. The molecule has 1 aliphatic rings.